The Morgan fingerprint density at radius 3 is 1.90 bits per heavy atom. The van der Waals surface area contributed by atoms with Crippen LogP contribution in [-0.4, -0.2) is 162 Å². The van der Waals surface area contributed by atoms with Crippen LogP contribution >= 0.6 is 0 Å². The first-order valence-corrected chi connectivity index (χ1v) is 24.7. The van der Waals surface area contributed by atoms with Crippen LogP contribution in [0.5, 0.6) is 0 Å². The van der Waals surface area contributed by atoms with E-state index < -0.39 is 183 Å². The summed E-state index contributed by atoms with van der Waals surface area (Å²) in [5.74, 6) is -14.7. The second-order valence-electron chi connectivity index (χ2n) is 19.5. The zero-order chi connectivity index (χ0) is 58.9. The van der Waals surface area contributed by atoms with Crippen LogP contribution in [0.3, 0.4) is 0 Å². The van der Waals surface area contributed by atoms with Gasteiger partial charge in [-0.05, 0) is 61.9 Å². The summed E-state index contributed by atoms with van der Waals surface area (Å²) >= 11 is 0. The van der Waals surface area contributed by atoms with Crippen molar-refractivity contribution >= 4 is 71.1 Å². The third kappa shape index (κ3) is 18.7. The number of nitrogens with zero attached hydrogens (tertiary/aromatic N) is 3. The molecule has 0 spiro atoms. The zero-order valence-electron chi connectivity index (χ0n) is 43.7. The zero-order valence-corrected chi connectivity index (χ0v) is 43.7. The number of carboxylic acids is 3. The number of aliphatic hydroxyl groups excluding tert-OH is 1. The molecule has 0 fully saturated rings. The number of hydrogen-bond acceptors (Lipinski definition) is 13. The van der Waals surface area contributed by atoms with Gasteiger partial charge in [0, 0.05) is 67.6 Å². The van der Waals surface area contributed by atoms with Gasteiger partial charge >= 0.3 is 17.9 Å². The summed E-state index contributed by atoms with van der Waals surface area (Å²) in [4.78, 5) is 154. The highest BCUT2D eigenvalue weighted by Gasteiger charge is 2.39. The standard InChI is InChI=1S/C52H63F2N9O16/c1-28(56-40(66)26-63-41(67)14-15-42(63)68)47(74)57-29(2)48(75)60-37(23-45(72)73)50(77)59-35(49(76)55-19-17-39(65)58-36(51(78)79)13-16-44(70)71)18-20-62(43(69)27-64)46(52(3,4)5)38-21-31(33-22-32(53)11-12-34(33)54)25-61(38)24-30-9-7-6-8-10-30/h6-12,14-15,21-22,25,28-29,35-37,46,64H,13,16-20,23-24,26-27H2,1-5H3,(H,55,76)(H,56,66)(H,57,74)(H,58,65)(H,59,77)(H,60,75)(H,70,71)(H,72,73)(H,78,79)/t28-,29+,35-,36+,37-,46-/m0/s1. The highest BCUT2D eigenvalue weighted by Crippen LogP contribution is 2.41. The van der Waals surface area contributed by atoms with Gasteiger partial charge in [-0.2, -0.15) is 0 Å². The lowest BCUT2D eigenvalue weighted by molar-refractivity contribution is -0.143. The molecular weight excluding hydrogens is 1040 g/mol. The molecule has 0 saturated heterocycles. The predicted molar refractivity (Wildman–Crippen MR) is 272 cm³/mol. The Kier molecular flexibility index (Phi) is 22.6. The van der Waals surface area contributed by atoms with Crippen molar-refractivity contribution in [3.05, 3.63) is 95.8 Å². The number of benzene rings is 2. The average Bonchev–Trinajstić information content (AvgIpc) is 4.03. The fraction of sp³-hybridized carbons (Fsp3) is 0.423. The van der Waals surface area contributed by atoms with Crippen molar-refractivity contribution in [1.82, 2.24) is 46.3 Å². The van der Waals surface area contributed by atoms with Gasteiger partial charge < -0.3 is 61.8 Å². The van der Waals surface area contributed by atoms with E-state index >= 15 is 4.39 Å². The molecule has 0 aliphatic carbocycles. The average molecular weight is 1110 g/mol. The summed E-state index contributed by atoms with van der Waals surface area (Å²) in [5, 5.41) is 52.4. The van der Waals surface area contributed by atoms with Crippen molar-refractivity contribution < 1.29 is 86.7 Å². The Labute approximate surface area is 451 Å². The minimum Gasteiger partial charge on any atom is -0.481 e. The topological polar surface area (TPSA) is 369 Å². The number of aliphatic hydroxyl groups is 1. The van der Waals surface area contributed by atoms with E-state index in [0.717, 1.165) is 42.8 Å². The molecule has 1 aliphatic rings. The van der Waals surface area contributed by atoms with Crippen LogP contribution in [0.15, 0.2) is 72.9 Å². The number of amides is 9. The SMILES string of the molecule is C[C@H](NC(=O)CN1C(=O)C=CC1=O)C(=O)N[C@H](C)C(=O)N[C@@H](CC(=O)O)C(=O)N[C@@H](CCN(C(=O)CO)[C@@H](c1cc(-c2cc(F)ccc2F)cn1Cc1ccccc1)C(C)(C)C)C(=O)NCCC(=O)N[C@H](CCC(=O)O)C(=O)O. The first-order chi connectivity index (χ1) is 37.1. The number of carboxylic acid groups (broad SMARTS) is 3. The molecule has 6 atom stereocenters. The molecule has 10 N–H and O–H groups in total. The molecule has 9 amide bonds. The summed E-state index contributed by atoms with van der Waals surface area (Å²) < 4.78 is 31.7. The van der Waals surface area contributed by atoms with Crippen LogP contribution < -0.4 is 31.9 Å². The van der Waals surface area contributed by atoms with Gasteiger partial charge in [-0.1, -0.05) is 51.1 Å². The number of hydrogen-bond donors (Lipinski definition) is 10. The Bertz CT molecular complexity index is 2820. The number of aromatic nitrogens is 1. The summed E-state index contributed by atoms with van der Waals surface area (Å²) in [6.45, 7) is 4.89. The lowest BCUT2D eigenvalue weighted by Crippen LogP contribution is -2.58. The molecule has 3 aromatic rings. The number of aliphatic carboxylic acids is 3. The maximum Gasteiger partial charge on any atom is 0.326 e. The molecule has 2 heterocycles. The third-order valence-electron chi connectivity index (χ3n) is 12.2. The second kappa shape index (κ2) is 28.5. The summed E-state index contributed by atoms with van der Waals surface area (Å²) in [5.41, 5.74) is 0.236. The Balaban J connectivity index is 1.66. The second-order valence-corrected chi connectivity index (χ2v) is 19.5. The van der Waals surface area contributed by atoms with Crippen LogP contribution in [0.2, 0.25) is 0 Å². The van der Waals surface area contributed by atoms with Gasteiger partial charge in [-0.3, -0.25) is 57.6 Å². The van der Waals surface area contributed by atoms with E-state index in [2.05, 4.69) is 31.9 Å². The van der Waals surface area contributed by atoms with E-state index in [1.807, 2.05) is 0 Å². The molecule has 0 bridgehead atoms. The number of nitrogens with one attached hydrogen (secondary N) is 6. The normalized spacial score (nSPS) is 14.4. The molecule has 79 heavy (non-hydrogen) atoms. The van der Waals surface area contributed by atoms with Crippen molar-refractivity contribution in [3.63, 3.8) is 0 Å². The first-order valence-electron chi connectivity index (χ1n) is 24.7. The van der Waals surface area contributed by atoms with Crippen molar-refractivity contribution in [2.24, 2.45) is 5.41 Å². The van der Waals surface area contributed by atoms with Gasteiger partial charge in [-0.25, -0.2) is 13.6 Å². The van der Waals surface area contributed by atoms with Gasteiger partial charge in [-0.15, -0.1) is 0 Å². The first kappa shape index (κ1) is 62.7. The minimum atomic E-state index is -1.98. The molecular formula is C52H63F2N9O16. The smallest absolute Gasteiger partial charge is 0.326 e. The van der Waals surface area contributed by atoms with Crippen LogP contribution in [0.25, 0.3) is 11.1 Å². The molecule has 0 saturated carbocycles. The van der Waals surface area contributed by atoms with Gasteiger partial charge in [0.2, 0.25) is 41.4 Å². The fourth-order valence-corrected chi connectivity index (χ4v) is 8.29. The summed E-state index contributed by atoms with van der Waals surface area (Å²) in [7, 11) is 0. The van der Waals surface area contributed by atoms with E-state index in [-0.39, 0.29) is 17.7 Å². The third-order valence-corrected chi connectivity index (χ3v) is 12.2. The van der Waals surface area contributed by atoms with Crippen molar-refractivity contribution in [3.8, 4) is 11.1 Å². The van der Waals surface area contributed by atoms with E-state index in [9.17, 15) is 77.2 Å². The largest absolute Gasteiger partial charge is 0.481 e. The Morgan fingerprint density at radius 2 is 1.30 bits per heavy atom. The Morgan fingerprint density at radius 1 is 0.684 bits per heavy atom. The molecule has 2 aromatic carbocycles. The van der Waals surface area contributed by atoms with E-state index in [1.165, 1.54) is 11.8 Å². The van der Waals surface area contributed by atoms with Crippen molar-refractivity contribution in [2.45, 2.75) is 110 Å². The molecule has 0 radical (unpaired) electrons. The van der Waals surface area contributed by atoms with Crippen LogP contribution in [-0.2, 0) is 64.1 Å². The Hall–Kier alpha value is -8.88. The van der Waals surface area contributed by atoms with Gasteiger partial charge in [0.25, 0.3) is 11.8 Å². The predicted octanol–water partition coefficient (Wildman–Crippen LogP) is 0.0990. The number of halogens is 2. The molecule has 426 valence electrons. The molecule has 0 unspecified atom stereocenters. The number of carbonyl (C=O) groups is 12. The van der Waals surface area contributed by atoms with E-state index in [0.29, 0.717) is 10.6 Å². The van der Waals surface area contributed by atoms with Crippen LogP contribution in [0, 0.1) is 17.0 Å². The molecule has 1 aromatic heterocycles. The van der Waals surface area contributed by atoms with Crippen LogP contribution in [0.4, 0.5) is 8.78 Å². The maximum absolute atomic E-state index is 15.4. The lowest BCUT2D eigenvalue weighted by Gasteiger charge is -2.41. The van der Waals surface area contributed by atoms with E-state index in [4.69, 9.17) is 5.11 Å². The highest BCUT2D eigenvalue weighted by molar-refractivity contribution is 6.14. The van der Waals surface area contributed by atoms with Gasteiger partial charge in [0.15, 0.2) is 0 Å². The fourth-order valence-electron chi connectivity index (χ4n) is 8.29. The lowest BCUT2D eigenvalue weighted by atomic mass is 9.82. The molecule has 27 heteroatoms. The summed E-state index contributed by atoms with van der Waals surface area (Å²) in [6, 6.07) is 4.08. The quantitative estimate of drug-likeness (QED) is 0.0412. The molecule has 25 nitrogen and oxygen atoms in total. The van der Waals surface area contributed by atoms with Gasteiger partial charge in [0.1, 0.15) is 55.0 Å². The van der Waals surface area contributed by atoms with Crippen LogP contribution in [0.1, 0.15) is 84.0 Å². The number of rotatable bonds is 29. The van der Waals surface area contributed by atoms with Crippen molar-refractivity contribution in [1.29, 1.82) is 0 Å². The van der Waals surface area contributed by atoms with Crippen molar-refractivity contribution in [2.75, 3.05) is 26.2 Å². The molecule has 1 aliphatic heterocycles. The maximum atomic E-state index is 15.4. The van der Waals surface area contributed by atoms with E-state index in [1.54, 1.807) is 67.9 Å². The highest BCUT2D eigenvalue weighted by atomic mass is 19.1. The minimum absolute atomic E-state index is 0.115. The molecule has 4 rings (SSSR count). The van der Waals surface area contributed by atoms with Gasteiger partial charge in [0.05, 0.1) is 12.5 Å². The summed E-state index contributed by atoms with van der Waals surface area (Å²) in [6.07, 6.45) is 0.145. The number of carbonyl (C=O) groups excluding carboxylic acids is 9. The monoisotopic (exact) mass is 1110 g/mol. The number of imide groups is 1.